The number of nitrogens with zero attached hydrogens (tertiary/aromatic N) is 2. The highest BCUT2D eigenvalue weighted by Crippen LogP contribution is 2.30. The van der Waals surface area contributed by atoms with Crippen LogP contribution in [0.25, 0.3) is 0 Å². The summed E-state index contributed by atoms with van der Waals surface area (Å²) in [6.45, 7) is 11.3. The van der Waals surface area contributed by atoms with Crippen LogP contribution in [-0.4, -0.2) is 16.6 Å². The van der Waals surface area contributed by atoms with E-state index in [-0.39, 0.29) is 11.3 Å². The predicted molar refractivity (Wildman–Crippen MR) is 73.5 cm³/mol. The number of ether oxygens (including phenoxy) is 1. The molecular weight excluding hydrogens is 228 g/mol. The fourth-order valence-electron chi connectivity index (χ4n) is 1.58. The third kappa shape index (κ3) is 4.14. The summed E-state index contributed by atoms with van der Waals surface area (Å²) in [5, 5.41) is 0. The second kappa shape index (κ2) is 6.00. The summed E-state index contributed by atoms with van der Waals surface area (Å²) in [5.74, 6) is 6.96. The van der Waals surface area contributed by atoms with Crippen LogP contribution in [0.1, 0.15) is 52.5 Å². The van der Waals surface area contributed by atoms with Crippen molar-refractivity contribution in [1.29, 1.82) is 0 Å². The Morgan fingerprint density at radius 2 is 2.00 bits per heavy atom. The van der Waals surface area contributed by atoms with Crippen molar-refractivity contribution < 1.29 is 4.74 Å². The Balaban J connectivity index is 2.82. The van der Waals surface area contributed by atoms with Crippen molar-refractivity contribution in [3.8, 4) is 5.88 Å². The molecule has 0 amide bonds. The minimum Gasteiger partial charge on any atom is -0.477 e. The van der Waals surface area contributed by atoms with E-state index in [1.165, 1.54) is 6.33 Å². The maximum absolute atomic E-state index is 5.77. The van der Waals surface area contributed by atoms with Crippen molar-refractivity contribution in [2.24, 2.45) is 11.3 Å². The van der Waals surface area contributed by atoms with Gasteiger partial charge in [-0.05, 0) is 17.8 Å². The maximum Gasteiger partial charge on any atom is 0.222 e. The first-order chi connectivity index (χ1) is 8.35. The molecule has 0 spiro atoms. The standard InChI is InChI=1S/C13H24N4O/c1-9(2)10-11(17-14)15-8-16-12(10)18-7-6-13(3,4)5/h8-9H,6-7,14H2,1-5H3,(H,15,16,17). The Bertz CT molecular complexity index is 385. The first kappa shape index (κ1) is 14.7. The third-order valence-electron chi connectivity index (χ3n) is 2.65. The Kier molecular flexibility index (Phi) is 4.90. The second-order valence-corrected chi connectivity index (χ2v) is 5.90. The fourth-order valence-corrected chi connectivity index (χ4v) is 1.58. The lowest BCUT2D eigenvalue weighted by molar-refractivity contribution is 0.234. The van der Waals surface area contributed by atoms with E-state index >= 15 is 0 Å². The maximum atomic E-state index is 5.77. The van der Waals surface area contributed by atoms with Crippen molar-refractivity contribution in [2.75, 3.05) is 12.0 Å². The van der Waals surface area contributed by atoms with Crippen LogP contribution in [0.3, 0.4) is 0 Å². The molecule has 0 atom stereocenters. The molecule has 18 heavy (non-hydrogen) atoms. The van der Waals surface area contributed by atoms with E-state index in [1.807, 2.05) is 0 Å². The topological polar surface area (TPSA) is 73.1 Å². The van der Waals surface area contributed by atoms with Gasteiger partial charge in [-0.3, -0.25) is 0 Å². The summed E-state index contributed by atoms with van der Waals surface area (Å²) in [5.41, 5.74) is 3.77. The van der Waals surface area contributed by atoms with Crippen LogP contribution < -0.4 is 16.0 Å². The van der Waals surface area contributed by atoms with Crippen molar-refractivity contribution >= 4 is 5.82 Å². The lowest BCUT2D eigenvalue weighted by Gasteiger charge is -2.20. The van der Waals surface area contributed by atoms with Crippen LogP contribution in [0.15, 0.2) is 6.33 Å². The van der Waals surface area contributed by atoms with Crippen LogP contribution in [0.2, 0.25) is 0 Å². The molecule has 0 aliphatic carbocycles. The normalized spacial score (nSPS) is 11.7. The molecule has 0 aromatic carbocycles. The SMILES string of the molecule is CC(C)c1c(NN)ncnc1OCCC(C)(C)C. The zero-order valence-corrected chi connectivity index (χ0v) is 11.9. The predicted octanol–water partition coefficient (Wildman–Crippen LogP) is 2.70. The summed E-state index contributed by atoms with van der Waals surface area (Å²) in [6, 6.07) is 0. The molecule has 0 aliphatic heterocycles. The number of anilines is 1. The van der Waals surface area contributed by atoms with Gasteiger partial charge in [0.25, 0.3) is 0 Å². The van der Waals surface area contributed by atoms with Gasteiger partial charge in [0.1, 0.15) is 6.33 Å². The molecule has 1 rings (SSSR count). The summed E-state index contributed by atoms with van der Waals surface area (Å²) < 4.78 is 5.77. The number of nitrogen functional groups attached to an aromatic ring is 1. The quantitative estimate of drug-likeness (QED) is 0.622. The highest BCUT2D eigenvalue weighted by Gasteiger charge is 2.17. The van der Waals surface area contributed by atoms with Gasteiger partial charge in [0.15, 0.2) is 5.82 Å². The first-order valence-corrected chi connectivity index (χ1v) is 6.29. The molecule has 1 aromatic heterocycles. The van der Waals surface area contributed by atoms with E-state index in [4.69, 9.17) is 10.6 Å². The van der Waals surface area contributed by atoms with Gasteiger partial charge in [0.05, 0.1) is 12.2 Å². The Labute approximate surface area is 109 Å². The average Bonchev–Trinajstić information content (AvgIpc) is 2.26. The third-order valence-corrected chi connectivity index (χ3v) is 2.65. The molecule has 0 fully saturated rings. The zero-order valence-electron chi connectivity index (χ0n) is 11.9. The lowest BCUT2D eigenvalue weighted by atomic mass is 9.93. The van der Waals surface area contributed by atoms with E-state index in [2.05, 4.69) is 50.0 Å². The molecule has 0 saturated carbocycles. The van der Waals surface area contributed by atoms with Gasteiger partial charge in [-0.15, -0.1) is 0 Å². The van der Waals surface area contributed by atoms with Gasteiger partial charge in [-0.2, -0.15) is 0 Å². The number of nitrogens with two attached hydrogens (primary N) is 1. The zero-order chi connectivity index (χ0) is 13.8. The number of aromatic nitrogens is 2. The molecule has 0 bridgehead atoms. The Morgan fingerprint density at radius 1 is 1.33 bits per heavy atom. The van der Waals surface area contributed by atoms with Gasteiger partial charge >= 0.3 is 0 Å². The largest absolute Gasteiger partial charge is 0.477 e. The highest BCUT2D eigenvalue weighted by atomic mass is 16.5. The second-order valence-electron chi connectivity index (χ2n) is 5.90. The van der Waals surface area contributed by atoms with Crippen LogP contribution in [-0.2, 0) is 0 Å². The molecule has 1 aromatic rings. The van der Waals surface area contributed by atoms with Crippen molar-refractivity contribution in [1.82, 2.24) is 9.97 Å². The number of hydrogen-bond donors (Lipinski definition) is 2. The van der Waals surface area contributed by atoms with Crippen LogP contribution in [0.5, 0.6) is 5.88 Å². The van der Waals surface area contributed by atoms with Crippen LogP contribution in [0.4, 0.5) is 5.82 Å². The molecule has 102 valence electrons. The van der Waals surface area contributed by atoms with Gasteiger partial charge in [-0.25, -0.2) is 15.8 Å². The summed E-state index contributed by atoms with van der Waals surface area (Å²) in [7, 11) is 0. The Morgan fingerprint density at radius 3 is 2.50 bits per heavy atom. The minimum absolute atomic E-state index is 0.250. The molecule has 0 unspecified atom stereocenters. The molecule has 1 heterocycles. The summed E-state index contributed by atoms with van der Waals surface area (Å²) in [4.78, 5) is 8.31. The van der Waals surface area contributed by atoms with Gasteiger partial charge in [0.2, 0.25) is 5.88 Å². The Hall–Kier alpha value is -1.36. The molecule has 0 aliphatic rings. The molecule has 0 radical (unpaired) electrons. The van der Waals surface area contributed by atoms with Gasteiger partial charge in [-0.1, -0.05) is 34.6 Å². The summed E-state index contributed by atoms with van der Waals surface area (Å²) in [6.07, 6.45) is 2.44. The smallest absolute Gasteiger partial charge is 0.222 e. The molecular formula is C13H24N4O. The molecule has 3 N–H and O–H groups in total. The number of hydrazine groups is 1. The van der Waals surface area contributed by atoms with Crippen molar-refractivity contribution in [3.05, 3.63) is 11.9 Å². The van der Waals surface area contributed by atoms with E-state index in [0.717, 1.165) is 12.0 Å². The van der Waals surface area contributed by atoms with E-state index in [0.29, 0.717) is 18.3 Å². The first-order valence-electron chi connectivity index (χ1n) is 6.29. The lowest BCUT2D eigenvalue weighted by Crippen LogP contribution is -2.16. The molecule has 5 heteroatoms. The van der Waals surface area contributed by atoms with Crippen LogP contribution in [0, 0.1) is 5.41 Å². The van der Waals surface area contributed by atoms with E-state index < -0.39 is 0 Å². The number of rotatable bonds is 5. The fraction of sp³-hybridized carbons (Fsp3) is 0.692. The highest BCUT2D eigenvalue weighted by molar-refractivity contribution is 5.49. The molecule has 5 nitrogen and oxygen atoms in total. The van der Waals surface area contributed by atoms with E-state index in [9.17, 15) is 0 Å². The average molecular weight is 252 g/mol. The minimum atomic E-state index is 0.250. The monoisotopic (exact) mass is 252 g/mol. The van der Waals surface area contributed by atoms with Gasteiger partial charge in [0, 0.05) is 0 Å². The summed E-state index contributed by atoms with van der Waals surface area (Å²) >= 11 is 0. The van der Waals surface area contributed by atoms with Crippen LogP contribution >= 0.6 is 0 Å². The molecule has 0 saturated heterocycles. The van der Waals surface area contributed by atoms with Crippen molar-refractivity contribution in [2.45, 2.75) is 47.0 Å². The van der Waals surface area contributed by atoms with Crippen molar-refractivity contribution in [3.63, 3.8) is 0 Å². The number of hydrogen-bond acceptors (Lipinski definition) is 5. The van der Waals surface area contributed by atoms with Gasteiger partial charge < -0.3 is 10.2 Å². The number of nitrogens with one attached hydrogen (secondary N) is 1. The van der Waals surface area contributed by atoms with E-state index in [1.54, 1.807) is 0 Å².